The second-order valence-corrected chi connectivity index (χ2v) is 11.1. The Bertz CT molecular complexity index is 1390. The highest BCUT2D eigenvalue weighted by Gasteiger charge is 2.34. The molecule has 4 rings (SSSR count). The van der Waals surface area contributed by atoms with Crippen LogP contribution in [0, 0.1) is 5.82 Å². The highest BCUT2D eigenvalue weighted by Crippen LogP contribution is 2.34. The number of aromatic nitrogens is 2. The van der Waals surface area contributed by atoms with E-state index in [2.05, 4.69) is 20.0 Å². The largest absolute Gasteiger partial charge is 0.416 e. The van der Waals surface area contributed by atoms with E-state index in [4.69, 9.17) is 11.6 Å². The van der Waals surface area contributed by atoms with Gasteiger partial charge in [-0.25, -0.2) is 22.8 Å². The number of hydrogen-bond donors (Lipinski definition) is 2. The summed E-state index contributed by atoms with van der Waals surface area (Å²) in [6, 6.07) is 8.10. The lowest BCUT2D eigenvalue weighted by Gasteiger charge is -2.43. The number of halogens is 5. The fraction of sp³-hybridized carbons (Fsp3) is 0.333. The highest BCUT2D eigenvalue weighted by molar-refractivity contribution is 7.92. The molecule has 1 aliphatic heterocycles. The van der Waals surface area contributed by atoms with E-state index in [9.17, 15) is 26.0 Å². The average molecular weight is 573 g/mol. The van der Waals surface area contributed by atoms with Gasteiger partial charge in [-0.2, -0.15) is 13.2 Å². The van der Waals surface area contributed by atoms with E-state index in [0.29, 0.717) is 25.2 Å². The van der Waals surface area contributed by atoms with Crippen LogP contribution in [0.3, 0.4) is 0 Å². The zero-order valence-corrected chi connectivity index (χ0v) is 21.9. The van der Waals surface area contributed by atoms with Gasteiger partial charge in [0.05, 0.1) is 16.3 Å². The smallest absolute Gasteiger partial charge is 0.379 e. The van der Waals surface area contributed by atoms with Gasteiger partial charge in [-0.05, 0) is 56.9 Å². The summed E-state index contributed by atoms with van der Waals surface area (Å²) in [4.78, 5) is 10.6. The minimum absolute atomic E-state index is 0.00715. The number of piperidine rings is 1. The number of nitrogens with zero attached hydrogens (tertiary/aromatic N) is 4. The molecule has 1 unspecified atom stereocenters. The normalized spacial score (nSPS) is 18.5. The molecule has 1 aromatic heterocycles. The van der Waals surface area contributed by atoms with Crippen molar-refractivity contribution >= 4 is 38.8 Å². The first-order valence-electron chi connectivity index (χ1n) is 11.5. The molecule has 2 atom stereocenters. The summed E-state index contributed by atoms with van der Waals surface area (Å²) < 4.78 is 82.2. The Balaban J connectivity index is 1.52. The molecule has 1 fully saturated rings. The van der Waals surface area contributed by atoms with Crippen molar-refractivity contribution < 1.29 is 26.0 Å². The average Bonchev–Trinajstić information content (AvgIpc) is 2.86. The van der Waals surface area contributed by atoms with Crippen molar-refractivity contribution in [1.82, 2.24) is 14.9 Å². The minimum atomic E-state index is -4.44. The summed E-state index contributed by atoms with van der Waals surface area (Å²) in [6.07, 6.45) is -1.46. The number of anilines is 3. The fourth-order valence-electron chi connectivity index (χ4n) is 4.33. The molecule has 204 valence electrons. The first-order chi connectivity index (χ1) is 17.8. The third-order valence-electron chi connectivity index (χ3n) is 6.26. The van der Waals surface area contributed by atoms with Gasteiger partial charge in [-0.1, -0.05) is 17.7 Å². The Morgan fingerprint density at radius 3 is 2.58 bits per heavy atom. The third-order valence-corrected chi connectivity index (χ3v) is 7.94. The number of hydrogen-bond acceptors (Lipinski definition) is 7. The standard InChI is InChI=1S/C24H25ClF4N6O2S/c1-34(2)21-13-35(16-5-3-4-15(10-16)24(27,28)29)9-7-19(21)32-20-12-18(26)22(11-17(20)25)38(36,37)33-23-6-8-30-14-31-23/h3-6,8,10-12,14,19,21,32H,7,9,13H2,1-2H3,(H,30,31,33)/t19-,21?/m1/s1. The molecule has 8 nitrogen and oxygen atoms in total. The van der Waals surface area contributed by atoms with Crippen molar-refractivity contribution in [3.63, 3.8) is 0 Å². The summed E-state index contributed by atoms with van der Waals surface area (Å²) in [7, 11) is -0.637. The number of sulfonamides is 1. The van der Waals surface area contributed by atoms with Gasteiger partial charge in [-0.15, -0.1) is 0 Å². The van der Waals surface area contributed by atoms with Crippen LogP contribution < -0.4 is 14.9 Å². The van der Waals surface area contributed by atoms with E-state index in [0.717, 1.165) is 30.6 Å². The Labute approximate surface area is 222 Å². The summed E-state index contributed by atoms with van der Waals surface area (Å²) in [5.41, 5.74) is -0.0578. The molecular weight excluding hydrogens is 548 g/mol. The maximum absolute atomic E-state index is 15.0. The minimum Gasteiger partial charge on any atom is -0.379 e. The summed E-state index contributed by atoms with van der Waals surface area (Å²) in [5, 5.41) is 3.19. The maximum atomic E-state index is 15.0. The molecule has 0 aliphatic carbocycles. The lowest BCUT2D eigenvalue weighted by atomic mass is 9.97. The number of rotatable bonds is 7. The molecule has 38 heavy (non-hydrogen) atoms. The molecule has 0 bridgehead atoms. The van der Waals surface area contributed by atoms with E-state index in [-0.39, 0.29) is 28.6 Å². The Kier molecular flexibility index (Phi) is 8.00. The molecule has 0 amide bonds. The molecule has 0 saturated carbocycles. The SMILES string of the molecule is CN(C)C1CN(c2cccc(C(F)(F)F)c2)CC[C@H]1Nc1cc(F)c(S(=O)(=O)Nc2ccncn2)cc1Cl. The highest BCUT2D eigenvalue weighted by atomic mass is 35.5. The summed E-state index contributed by atoms with van der Waals surface area (Å²) in [6.45, 7) is 0.847. The molecule has 1 saturated heterocycles. The van der Waals surface area contributed by atoms with E-state index in [1.807, 2.05) is 23.9 Å². The van der Waals surface area contributed by atoms with Gasteiger partial charge in [0.1, 0.15) is 22.9 Å². The van der Waals surface area contributed by atoms with Crippen LogP contribution in [-0.4, -0.2) is 62.6 Å². The second kappa shape index (κ2) is 10.9. The van der Waals surface area contributed by atoms with Crippen LogP contribution in [0.5, 0.6) is 0 Å². The Hall–Kier alpha value is -3.16. The zero-order valence-electron chi connectivity index (χ0n) is 20.4. The van der Waals surface area contributed by atoms with Crippen molar-refractivity contribution in [3.05, 3.63) is 71.4 Å². The topological polar surface area (TPSA) is 90.5 Å². The molecule has 14 heteroatoms. The Morgan fingerprint density at radius 2 is 1.92 bits per heavy atom. The maximum Gasteiger partial charge on any atom is 0.416 e. The molecule has 2 aromatic carbocycles. The van der Waals surface area contributed by atoms with Gasteiger partial charge in [-0.3, -0.25) is 4.72 Å². The van der Waals surface area contributed by atoms with Gasteiger partial charge in [0.15, 0.2) is 0 Å². The predicted octanol–water partition coefficient (Wildman–Crippen LogP) is 4.71. The zero-order chi connectivity index (χ0) is 27.7. The van der Waals surface area contributed by atoms with E-state index in [1.54, 1.807) is 6.07 Å². The van der Waals surface area contributed by atoms with Gasteiger partial charge in [0, 0.05) is 37.1 Å². The second-order valence-electron chi connectivity index (χ2n) is 9.03. The summed E-state index contributed by atoms with van der Waals surface area (Å²) in [5.74, 6) is -1.04. The Morgan fingerprint density at radius 1 is 1.16 bits per heavy atom. The third kappa shape index (κ3) is 6.27. The van der Waals surface area contributed by atoms with Crippen molar-refractivity contribution in [1.29, 1.82) is 0 Å². The lowest BCUT2D eigenvalue weighted by Crippen LogP contribution is -2.56. The van der Waals surface area contributed by atoms with Crippen molar-refractivity contribution in [2.45, 2.75) is 29.6 Å². The van der Waals surface area contributed by atoms with E-state index < -0.39 is 32.5 Å². The van der Waals surface area contributed by atoms with Crippen LogP contribution in [0.2, 0.25) is 5.02 Å². The van der Waals surface area contributed by atoms with E-state index >= 15 is 0 Å². The van der Waals surface area contributed by atoms with Crippen molar-refractivity contribution in [2.75, 3.05) is 42.1 Å². The molecule has 2 N–H and O–H groups in total. The van der Waals surface area contributed by atoms with Crippen LogP contribution in [0.25, 0.3) is 0 Å². The van der Waals surface area contributed by atoms with Gasteiger partial charge < -0.3 is 15.1 Å². The van der Waals surface area contributed by atoms with Crippen LogP contribution in [-0.2, 0) is 16.2 Å². The van der Waals surface area contributed by atoms with Crippen LogP contribution in [0.4, 0.5) is 34.8 Å². The molecule has 1 aliphatic rings. The molecular formula is C24H25ClF4N6O2S. The number of benzene rings is 2. The number of alkyl halides is 3. The number of nitrogens with one attached hydrogen (secondary N) is 2. The molecule has 0 spiro atoms. The monoisotopic (exact) mass is 572 g/mol. The van der Waals surface area contributed by atoms with Crippen LogP contribution >= 0.6 is 11.6 Å². The van der Waals surface area contributed by atoms with Crippen LogP contribution in [0.15, 0.2) is 59.9 Å². The predicted molar refractivity (Wildman–Crippen MR) is 137 cm³/mol. The van der Waals surface area contributed by atoms with E-state index in [1.165, 1.54) is 18.3 Å². The van der Waals surface area contributed by atoms with Gasteiger partial charge in [0.2, 0.25) is 0 Å². The molecule has 2 heterocycles. The first kappa shape index (κ1) is 27.9. The van der Waals surface area contributed by atoms with Gasteiger partial charge >= 0.3 is 6.18 Å². The first-order valence-corrected chi connectivity index (χ1v) is 13.3. The molecule has 0 radical (unpaired) electrons. The quantitative estimate of drug-likeness (QED) is 0.396. The fourth-order valence-corrected chi connectivity index (χ4v) is 5.70. The van der Waals surface area contributed by atoms with Gasteiger partial charge in [0.25, 0.3) is 10.0 Å². The van der Waals surface area contributed by atoms with Crippen molar-refractivity contribution in [3.8, 4) is 0 Å². The van der Waals surface area contributed by atoms with Crippen molar-refractivity contribution in [2.24, 2.45) is 0 Å². The number of likely N-dealkylation sites (N-methyl/N-ethyl adjacent to an activating group) is 1. The molecule has 3 aromatic rings. The van der Waals surface area contributed by atoms with Crippen LogP contribution in [0.1, 0.15) is 12.0 Å². The lowest BCUT2D eigenvalue weighted by molar-refractivity contribution is -0.137. The summed E-state index contributed by atoms with van der Waals surface area (Å²) >= 11 is 6.36.